The molecule has 8 heteroatoms. The summed E-state index contributed by atoms with van der Waals surface area (Å²) in [6.45, 7) is 5.83. The van der Waals surface area contributed by atoms with E-state index in [1.54, 1.807) is 13.1 Å². The molecule has 1 aromatic carbocycles. The van der Waals surface area contributed by atoms with Crippen LogP contribution in [0.4, 0.5) is 13.2 Å². The highest BCUT2D eigenvalue weighted by atomic mass is 19.4. The number of alkyl halides is 3. The normalized spacial score (nSPS) is 17.2. The van der Waals surface area contributed by atoms with E-state index in [1.807, 2.05) is 18.2 Å². The second-order valence-corrected chi connectivity index (χ2v) is 7.40. The Balaban J connectivity index is 1.78. The van der Waals surface area contributed by atoms with Gasteiger partial charge in [0.05, 0.1) is 6.61 Å². The van der Waals surface area contributed by atoms with Gasteiger partial charge in [-0.25, -0.2) is 0 Å². The van der Waals surface area contributed by atoms with Gasteiger partial charge < -0.3 is 20.3 Å². The van der Waals surface area contributed by atoms with Crippen molar-refractivity contribution in [2.45, 2.75) is 58.1 Å². The Hall–Kier alpha value is -1.80. The van der Waals surface area contributed by atoms with E-state index in [0.29, 0.717) is 24.2 Å². The Morgan fingerprint density at radius 3 is 2.54 bits per heavy atom. The summed E-state index contributed by atoms with van der Waals surface area (Å²) in [6, 6.07) is 8.32. The summed E-state index contributed by atoms with van der Waals surface area (Å²) in [7, 11) is 1.74. The lowest BCUT2D eigenvalue weighted by molar-refractivity contribution is -0.176. The van der Waals surface area contributed by atoms with E-state index in [4.69, 9.17) is 4.74 Å². The molecule has 158 valence electrons. The summed E-state index contributed by atoms with van der Waals surface area (Å²) < 4.78 is 41.3. The van der Waals surface area contributed by atoms with Gasteiger partial charge in [-0.1, -0.05) is 24.3 Å². The molecule has 0 spiro atoms. The highest BCUT2D eigenvalue weighted by Crippen LogP contribution is 2.16. The maximum Gasteiger partial charge on any atom is 0.411 e. The number of nitrogens with zero attached hydrogens (tertiary/aromatic N) is 2. The fraction of sp³-hybridized carbons (Fsp3) is 0.650. The number of piperidine rings is 1. The van der Waals surface area contributed by atoms with Crippen molar-refractivity contribution in [1.29, 1.82) is 0 Å². The average molecular weight is 400 g/mol. The Labute approximate surface area is 165 Å². The molecule has 1 aliphatic heterocycles. The molecule has 0 atom stereocenters. The molecule has 28 heavy (non-hydrogen) atoms. The van der Waals surface area contributed by atoms with Crippen LogP contribution in [0.2, 0.25) is 0 Å². The van der Waals surface area contributed by atoms with Crippen LogP contribution < -0.4 is 10.6 Å². The SMILES string of the molecule is CN=C(NCc1cccc(COCC(F)(F)F)c1)NC1CCN(C(C)C)CC1. The molecule has 0 aromatic heterocycles. The van der Waals surface area contributed by atoms with E-state index >= 15 is 0 Å². The van der Waals surface area contributed by atoms with Crippen LogP contribution in [0.1, 0.15) is 37.8 Å². The van der Waals surface area contributed by atoms with Gasteiger partial charge in [0, 0.05) is 38.8 Å². The number of hydrogen-bond donors (Lipinski definition) is 2. The molecule has 2 rings (SSSR count). The van der Waals surface area contributed by atoms with Crippen LogP contribution >= 0.6 is 0 Å². The van der Waals surface area contributed by atoms with Crippen molar-refractivity contribution in [1.82, 2.24) is 15.5 Å². The lowest BCUT2D eigenvalue weighted by Gasteiger charge is -2.35. The zero-order chi connectivity index (χ0) is 20.6. The molecule has 0 saturated carbocycles. The predicted molar refractivity (Wildman–Crippen MR) is 105 cm³/mol. The molecule has 1 fully saturated rings. The zero-order valence-electron chi connectivity index (χ0n) is 16.9. The van der Waals surface area contributed by atoms with Gasteiger partial charge in [0.1, 0.15) is 6.61 Å². The molecular formula is C20H31F3N4O. The van der Waals surface area contributed by atoms with Gasteiger partial charge in [-0.2, -0.15) is 13.2 Å². The highest BCUT2D eigenvalue weighted by molar-refractivity contribution is 5.79. The average Bonchev–Trinajstić information content (AvgIpc) is 2.65. The number of likely N-dealkylation sites (tertiary alicyclic amines) is 1. The van der Waals surface area contributed by atoms with Crippen LogP contribution in [0.15, 0.2) is 29.3 Å². The minimum absolute atomic E-state index is 0.0608. The fourth-order valence-electron chi connectivity index (χ4n) is 3.25. The standard InChI is InChI=1S/C20H31F3N4O/c1-15(2)27-9-7-18(8-10-27)26-19(24-3)25-12-16-5-4-6-17(11-16)13-28-14-20(21,22)23/h4-6,11,15,18H,7-10,12-14H2,1-3H3,(H2,24,25,26). The zero-order valence-corrected chi connectivity index (χ0v) is 16.9. The van der Waals surface area contributed by atoms with Crippen LogP contribution in [-0.4, -0.2) is 55.9 Å². The number of aliphatic imine (C=N–C) groups is 1. The summed E-state index contributed by atoms with van der Waals surface area (Å²) in [5.41, 5.74) is 1.68. The van der Waals surface area contributed by atoms with Crippen molar-refractivity contribution in [3.8, 4) is 0 Å². The van der Waals surface area contributed by atoms with E-state index in [9.17, 15) is 13.2 Å². The van der Waals surface area contributed by atoms with E-state index in [-0.39, 0.29) is 6.61 Å². The van der Waals surface area contributed by atoms with E-state index in [0.717, 1.165) is 37.5 Å². The molecule has 0 aliphatic carbocycles. The van der Waals surface area contributed by atoms with E-state index < -0.39 is 12.8 Å². The van der Waals surface area contributed by atoms with Gasteiger partial charge in [0.25, 0.3) is 0 Å². The van der Waals surface area contributed by atoms with E-state index in [1.165, 1.54) is 0 Å². The second-order valence-electron chi connectivity index (χ2n) is 7.40. The smallest absolute Gasteiger partial charge is 0.367 e. The minimum atomic E-state index is -4.30. The molecular weight excluding hydrogens is 369 g/mol. The highest BCUT2D eigenvalue weighted by Gasteiger charge is 2.27. The molecule has 5 nitrogen and oxygen atoms in total. The largest absolute Gasteiger partial charge is 0.411 e. The third kappa shape index (κ3) is 8.06. The Bertz CT molecular complexity index is 626. The van der Waals surface area contributed by atoms with E-state index in [2.05, 4.69) is 34.4 Å². The number of guanidine groups is 1. The number of rotatable bonds is 7. The van der Waals surface area contributed by atoms with Crippen LogP contribution in [-0.2, 0) is 17.9 Å². The summed E-state index contributed by atoms with van der Waals surface area (Å²) in [5, 5.41) is 6.74. The summed E-state index contributed by atoms with van der Waals surface area (Å²) in [6.07, 6.45) is -2.15. The third-order valence-corrected chi connectivity index (χ3v) is 4.81. The van der Waals surface area contributed by atoms with Gasteiger partial charge in [0.15, 0.2) is 5.96 Å². The quantitative estimate of drug-likeness (QED) is 0.545. The van der Waals surface area contributed by atoms with Gasteiger partial charge in [0.2, 0.25) is 0 Å². The molecule has 1 aromatic rings. The molecule has 0 bridgehead atoms. The molecule has 0 radical (unpaired) electrons. The van der Waals surface area contributed by atoms with Crippen molar-refractivity contribution in [3.63, 3.8) is 0 Å². The van der Waals surface area contributed by atoms with Gasteiger partial charge in [-0.15, -0.1) is 0 Å². The van der Waals surface area contributed by atoms with Crippen LogP contribution in [0, 0.1) is 0 Å². The molecule has 0 unspecified atom stereocenters. The first-order valence-electron chi connectivity index (χ1n) is 9.70. The molecule has 1 heterocycles. The van der Waals surface area contributed by atoms with Crippen LogP contribution in [0.25, 0.3) is 0 Å². The number of benzene rings is 1. The van der Waals surface area contributed by atoms with Gasteiger partial charge in [-0.3, -0.25) is 4.99 Å². The first-order chi connectivity index (χ1) is 13.3. The topological polar surface area (TPSA) is 48.9 Å². The predicted octanol–water partition coefficient (Wildman–Crippen LogP) is 3.30. The number of ether oxygens (including phenoxy) is 1. The summed E-state index contributed by atoms with van der Waals surface area (Å²) in [5.74, 6) is 0.738. The monoisotopic (exact) mass is 400 g/mol. The first kappa shape index (κ1) is 22.5. The molecule has 1 aliphatic rings. The molecule has 2 N–H and O–H groups in total. The summed E-state index contributed by atoms with van der Waals surface area (Å²) in [4.78, 5) is 6.75. The van der Waals surface area contributed by atoms with Crippen molar-refractivity contribution >= 4 is 5.96 Å². The number of hydrogen-bond acceptors (Lipinski definition) is 3. The van der Waals surface area contributed by atoms with Gasteiger partial charge in [-0.05, 0) is 37.8 Å². The number of halogens is 3. The van der Waals surface area contributed by atoms with Crippen molar-refractivity contribution in [3.05, 3.63) is 35.4 Å². The Kier molecular flexibility index (Phi) is 8.57. The maximum absolute atomic E-state index is 12.2. The second kappa shape index (κ2) is 10.7. The van der Waals surface area contributed by atoms with Crippen LogP contribution in [0.5, 0.6) is 0 Å². The van der Waals surface area contributed by atoms with Crippen molar-refractivity contribution in [2.24, 2.45) is 4.99 Å². The molecule has 1 saturated heterocycles. The third-order valence-electron chi connectivity index (χ3n) is 4.81. The maximum atomic E-state index is 12.2. The van der Waals surface area contributed by atoms with Crippen LogP contribution in [0.3, 0.4) is 0 Å². The summed E-state index contributed by atoms with van der Waals surface area (Å²) >= 11 is 0. The lowest BCUT2D eigenvalue weighted by atomic mass is 10.0. The minimum Gasteiger partial charge on any atom is -0.367 e. The Morgan fingerprint density at radius 2 is 1.93 bits per heavy atom. The fourth-order valence-corrected chi connectivity index (χ4v) is 3.25. The van der Waals surface area contributed by atoms with Gasteiger partial charge >= 0.3 is 6.18 Å². The van der Waals surface area contributed by atoms with Crippen molar-refractivity contribution < 1.29 is 17.9 Å². The first-order valence-corrected chi connectivity index (χ1v) is 9.70. The number of nitrogens with one attached hydrogen (secondary N) is 2. The Morgan fingerprint density at radius 1 is 1.25 bits per heavy atom. The van der Waals surface area contributed by atoms with Crippen molar-refractivity contribution in [2.75, 3.05) is 26.7 Å². The lowest BCUT2D eigenvalue weighted by Crippen LogP contribution is -2.49. The molecule has 0 amide bonds.